The van der Waals surface area contributed by atoms with Crippen molar-refractivity contribution in [3.63, 3.8) is 0 Å². The SMILES string of the molecule is O=C(COc1ccc(Cl)cc1Cl)NCCN1C(=O)CSC1=O. The van der Waals surface area contributed by atoms with E-state index in [9.17, 15) is 14.4 Å². The molecule has 1 fully saturated rings. The van der Waals surface area contributed by atoms with E-state index in [4.69, 9.17) is 27.9 Å². The fourth-order valence-electron chi connectivity index (χ4n) is 1.69. The second-order valence-corrected chi connectivity index (χ2v) is 6.08. The van der Waals surface area contributed by atoms with Gasteiger partial charge in [-0.1, -0.05) is 35.0 Å². The number of thioether (sulfide) groups is 1. The molecule has 0 bridgehead atoms. The first-order chi connectivity index (χ1) is 10.5. The fraction of sp³-hybridized carbons (Fsp3) is 0.308. The number of amides is 3. The molecule has 3 amide bonds. The van der Waals surface area contributed by atoms with Crippen LogP contribution in [0.25, 0.3) is 0 Å². The average molecular weight is 363 g/mol. The first-order valence-corrected chi connectivity index (χ1v) is 8.03. The minimum atomic E-state index is -0.377. The van der Waals surface area contributed by atoms with Crippen LogP contribution in [-0.2, 0) is 9.59 Å². The summed E-state index contributed by atoms with van der Waals surface area (Å²) in [6.07, 6.45) is 0. The quantitative estimate of drug-likeness (QED) is 0.839. The van der Waals surface area contributed by atoms with Gasteiger partial charge in [0.05, 0.1) is 10.8 Å². The number of hydrogen-bond donors (Lipinski definition) is 1. The molecular formula is C13H12Cl2N2O4S. The maximum absolute atomic E-state index is 11.6. The van der Waals surface area contributed by atoms with Gasteiger partial charge in [0.2, 0.25) is 5.91 Å². The molecule has 1 aromatic rings. The Morgan fingerprint density at radius 2 is 2.14 bits per heavy atom. The summed E-state index contributed by atoms with van der Waals surface area (Å²) in [5.74, 6) is -0.112. The fourth-order valence-corrected chi connectivity index (χ4v) is 2.91. The van der Waals surface area contributed by atoms with Gasteiger partial charge in [-0.25, -0.2) is 0 Å². The molecule has 0 unspecified atom stereocenters. The van der Waals surface area contributed by atoms with Crippen molar-refractivity contribution in [2.75, 3.05) is 25.4 Å². The lowest BCUT2D eigenvalue weighted by Gasteiger charge is -2.13. The summed E-state index contributed by atoms with van der Waals surface area (Å²) in [5.41, 5.74) is 0. The second kappa shape index (κ2) is 7.71. The number of rotatable bonds is 6. The molecule has 6 nitrogen and oxygen atoms in total. The Bertz CT molecular complexity index is 596. The number of hydrogen-bond acceptors (Lipinski definition) is 5. The second-order valence-electron chi connectivity index (χ2n) is 4.31. The summed E-state index contributed by atoms with van der Waals surface area (Å²) in [4.78, 5) is 35.4. The van der Waals surface area contributed by atoms with Gasteiger partial charge in [0.1, 0.15) is 5.75 Å². The number of nitrogens with one attached hydrogen (secondary N) is 1. The molecule has 1 N–H and O–H groups in total. The van der Waals surface area contributed by atoms with E-state index in [0.29, 0.717) is 15.8 Å². The van der Waals surface area contributed by atoms with E-state index in [1.807, 2.05) is 0 Å². The lowest BCUT2D eigenvalue weighted by Crippen LogP contribution is -2.39. The Morgan fingerprint density at radius 3 is 2.77 bits per heavy atom. The molecule has 0 atom stereocenters. The molecule has 9 heteroatoms. The van der Waals surface area contributed by atoms with E-state index in [-0.39, 0.29) is 42.5 Å². The van der Waals surface area contributed by atoms with Crippen LogP contribution >= 0.6 is 35.0 Å². The van der Waals surface area contributed by atoms with Gasteiger partial charge < -0.3 is 10.1 Å². The number of nitrogens with zero attached hydrogens (tertiary/aromatic N) is 1. The Hall–Kier alpha value is -1.44. The first-order valence-electron chi connectivity index (χ1n) is 6.29. The predicted octanol–water partition coefficient (Wildman–Crippen LogP) is 2.18. The number of carbonyl (C=O) groups is 3. The van der Waals surface area contributed by atoms with E-state index in [2.05, 4.69) is 5.32 Å². The van der Waals surface area contributed by atoms with Crippen LogP contribution in [0.1, 0.15) is 0 Å². The summed E-state index contributed by atoms with van der Waals surface area (Å²) in [5, 5.41) is 3.06. The molecule has 0 spiro atoms. The molecular weight excluding hydrogens is 351 g/mol. The van der Waals surface area contributed by atoms with Gasteiger partial charge in [0.15, 0.2) is 6.61 Å². The number of benzene rings is 1. The van der Waals surface area contributed by atoms with Crippen molar-refractivity contribution >= 4 is 52.0 Å². The van der Waals surface area contributed by atoms with E-state index >= 15 is 0 Å². The van der Waals surface area contributed by atoms with Crippen LogP contribution in [-0.4, -0.2) is 47.4 Å². The average Bonchev–Trinajstić information content (AvgIpc) is 2.78. The molecule has 0 radical (unpaired) electrons. The van der Waals surface area contributed by atoms with Crippen LogP contribution in [0.2, 0.25) is 10.0 Å². The molecule has 1 aromatic carbocycles. The highest BCUT2D eigenvalue weighted by atomic mass is 35.5. The lowest BCUT2D eigenvalue weighted by molar-refractivity contribution is -0.126. The zero-order valence-corrected chi connectivity index (χ0v) is 13.6. The zero-order chi connectivity index (χ0) is 16.1. The maximum atomic E-state index is 11.6. The molecule has 0 aliphatic carbocycles. The number of halogens is 2. The van der Waals surface area contributed by atoms with E-state index in [1.165, 1.54) is 6.07 Å². The van der Waals surface area contributed by atoms with Crippen molar-refractivity contribution < 1.29 is 19.1 Å². The predicted molar refractivity (Wildman–Crippen MR) is 84.5 cm³/mol. The van der Waals surface area contributed by atoms with Crippen LogP contribution in [0.4, 0.5) is 4.79 Å². The third-order valence-electron chi connectivity index (χ3n) is 2.75. The van der Waals surface area contributed by atoms with Gasteiger partial charge in [-0.2, -0.15) is 0 Å². The molecule has 1 aliphatic rings. The number of imide groups is 1. The number of ether oxygens (including phenoxy) is 1. The van der Waals surface area contributed by atoms with Gasteiger partial charge in [0, 0.05) is 18.1 Å². The van der Waals surface area contributed by atoms with E-state index in [1.54, 1.807) is 12.1 Å². The van der Waals surface area contributed by atoms with Crippen LogP contribution < -0.4 is 10.1 Å². The summed E-state index contributed by atoms with van der Waals surface area (Å²) in [7, 11) is 0. The maximum Gasteiger partial charge on any atom is 0.288 e. The summed E-state index contributed by atoms with van der Waals surface area (Å²) in [6.45, 7) is 0.102. The Labute approximate surface area is 141 Å². The molecule has 0 saturated carbocycles. The van der Waals surface area contributed by atoms with Crippen LogP contribution in [0.5, 0.6) is 5.75 Å². The minimum Gasteiger partial charge on any atom is -0.482 e. The molecule has 0 aromatic heterocycles. The summed E-state index contributed by atoms with van der Waals surface area (Å²) >= 11 is 12.6. The van der Waals surface area contributed by atoms with Gasteiger partial charge in [-0.15, -0.1) is 0 Å². The third-order valence-corrected chi connectivity index (χ3v) is 4.14. The molecule has 118 valence electrons. The van der Waals surface area contributed by atoms with Crippen molar-refractivity contribution in [1.82, 2.24) is 10.2 Å². The number of carbonyl (C=O) groups excluding carboxylic acids is 3. The smallest absolute Gasteiger partial charge is 0.288 e. The highest BCUT2D eigenvalue weighted by Gasteiger charge is 2.29. The molecule has 1 saturated heterocycles. The first kappa shape index (κ1) is 16.9. The largest absolute Gasteiger partial charge is 0.482 e. The standard InChI is InChI=1S/C13H12Cl2N2O4S/c14-8-1-2-10(9(15)5-8)21-6-11(18)16-3-4-17-12(19)7-22-13(17)20/h1-2,5H,3-4,6-7H2,(H,16,18). The molecule has 22 heavy (non-hydrogen) atoms. The van der Waals surface area contributed by atoms with Crippen LogP contribution in [0.15, 0.2) is 18.2 Å². The van der Waals surface area contributed by atoms with Crippen LogP contribution in [0, 0.1) is 0 Å². The normalized spacial score (nSPS) is 14.4. The van der Waals surface area contributed by atoms with Crippen molar-refractivity contribution in [3.05, 3.63) is 28.2 Å². The van der Waals surface area contributed by atoms with E-state index < -0.39 is 0 Å². The third kappa shape index (κ3) is 4.53. The molecule has 1 heterocycles. The molecule has 2 rings (SSSR count). The topological polar surface area (TPSA) is 75.7 Å². The summed E-state index contributed by atoms with van der Waals surface area (Å²) < 4.78 is 5.26. The van der Waals surface area contributed by atoms with Gasteiger partial charge in [0.25, 0.3) is 11.1 Å². The van der Waals surface area contributed by atoms with Crippen molar-refractivity contribution in [2.24, 2.45) is 0 Å². The van der Waals surface area contributed by atoms with Crippen molar-refractivity contribution in [1.29, 1.82) is 0 Å². The van der Waals surface area contributed by atoms with Crippen molar-refractivity contribution in [2.45, 2.75) is 0 Å². The van der Waals surface area contributed by atoms with E-state index in [0.717, 1.165) is 16.7 Å². The van der Waals surface area contributed by atoms with Crippen molar-refractivity contribution in [3.8, 4) is 5.75 Å². The Kier molecular flexibility index (Phi) is 5.93. The molecule has 1 aliphatic heterocycles. The lowest BCUT2D eigenvalue weighted by atomic mass is 10.3. The zero-order valence-electron chi connectivity index (χ0n) is 11.3. The van der Waals surface area contributed by atoms with Gasteiger partial charge in [-0.05, 0) is 18.2 Å². The minimum absolute atomic E-state index is 0.151. The van der Waals surface area contributed by atoms with Gasteiger partial charge >= 0.3 is 0 Å². The monoisotopic (exact) mass is 362 g/mol. The van der Waals surface area contributed by atoms with Gasteiger partial charge in [-0.3, -0.25) is 19.3 Å². The highest BCUT2D eigenvalue weighted by molar-refractivity contribution is 8.14. The van der Waals surface area contributed by atoms with Crippen LogP contribution in [0.3, 0.4) is 0 Å². The highest BCUT2D eigenvalue weighted by Crippen LogP contribution is 2.27. The Morgan fingerprint density at radius 1 is 1.36 bits per heavy atom. The Balaban J connectivity index is 1.72. The summed E-state index contributed by atoms with van der Waals surface area (Å²) in [6, 6.07) is 4.68.